The molecule has 0 saturated heterocycles. The Kier molecular flexibility index (Phi) is 7.33. The van der Waals surface area contributed by atoms with Gasteiger partial charge < -0.3 is 10.6 Å². The zero-order chi connectivity index (χ0) is 16.6. The average molecular weight is 330 g/mol. The van der Waals surface area contributed by atoms with Gasteiger partial charge in [0.15, 0.2) is 5.96 Å². The molecule has 9 heteroatoms. The second-order valence-corrected chi connectivity index (χ2v) is 6.79. The van der Waals surface area contributed by atoms with Crippen LogP contribution in [0.1, 0.15) is 19.5 Å². The lowest BCUT2D eigenvalue weighted by molar-refractivity contribution is 0.445. The average Bonchev–Trinajstić information content (AvgIpc) is 2.89. The highest BCUT2D eigenvalue weighted by Gasteiger charge is 2.18. The molecule has 8 nitrogen and oxygen atoms in total. The zero-order valence-corrected chi connectivity index (χ0v) is 14.5. The second-order valence-electron chi connectivity index (χ2n) is 4.70. The number of sulfonamides is 1. The number of nitrogens with one attached hydrogen (secondary N) is 2. The Balaban J connectivity index is 2.43. The molecule has 0 aromatic carbocycles. The molecule has 0 aliphatic rings. The van der Waals surface area contributed by atoms with Gasteiger partial charge in [0, 0.05) is 39.9 Å². The van der Waals surface area contributed by atoms with Crippen LogP contribution >= 0.6 is 0 Å². The van der Waals surface area contributed by atoms with Crippen LogP contribution in [0.3, 0.4) is 0 Å². The maximum atomic E-state index is 12.1. The molecule has 22 heavy (non-hydrogen) atoms. The molecule has 0 radical (unpaired) electrons. The molecule has 2 N–H and O–H groups in total. The smallest absolute Gasteiger partial charge is 0.215 e. The van der Waals surface area contributed by atoms with Crippen molar-refractivity contribution in [1.82, 2.24) is 24.7 Å². The molecule has 1 heterocycles. The molecule has 0 saturated carbocycles. The van der Waals surface area contributed by atoms with Crippen molar-refractivity contribution >= 4 is 16.0 Å². The minimum absolute atomic E-state index is 0.0427. The molecule has 1 aromatic rings. The van der Waals surface area contributed by atoms with E-state index in [4.69, 9.17) is 0 Å². The summed E-state index contributed by atoms with van der Waals surface area (Å²) in [5.74, 6) is 0.608. The van der Waals surface area contributed by atoms with Crippen LogP contribution in [0.5, 0.6) is 0 Å². The first-order chi connectivity index (χ1) is 10.4. The van der Waals surface area contributed by atoms with Crippen LogP contribution in [0.2, 0.25) is 0 Å². The highest BCUT2D eigenvalue weighted by atomic mass is 32.2. The summed E-state index contributed by atoms with van der Waals surface area (Å²) < 4.78 is 27.4. The van der Waals surface area contributed by atoms with Crippen molar-refractivity contribution in [2.75, 3.05) is 32.4 Å². The van der Waals surface area contributed by atoms with E-state index < -0.39 is 10.0 Å². The van der Waals surface area contributed by atoms with E-state index in [-0.39, 0.29) is 5.75 Å². The molecule has 0 amide bonds. The molecule has 0 atom stereocenters. The van der Waals surface area contributed by atoms with Crippen LogP contribution in [0, 0.1) is 0 Å². The van der Waals surface area contributed by atoms with Gasteiger partial charge in [0.1, 0.15) is 0 Å². The number of hydrogen-bond acceptors (Lipinski definition) is 4. The first-order valence-corrected chi connectivity index (χ1v) is 8.94. The number of aliphatic imine (C=N–C) groups is 1. The molecule has 1 rings (SSSR count). The van der Waals surface area contributed by atoms with E-state index in [1.807, 2.05) is 27.0 Å². The van der Waals surface area contributed by atoms with E-state index in [2.05, 4.69) is 20.7 Å². The third kappa shape index (κ3) is 5.30. The summed E-state index contributed by atoms with van der Waals surface area (Å²) in [6, 6.07) is 1.91. The van der Waals surface area contributed by atoms with Crippen LogP contribution in [-0.4, -0.2) is 60.9 Å². The first-order valence-electron chi connectivity index (χ1n) is 7.33. The van der Waals surface area contributed by atoms with Gasteiger partial charge in [0.2, 0.25) is 10.0 Å². The molecule has 0 aliphatic carbocycles. The van der Waals surface area contributed by atoms with Crippen LogP contribution in [0.4, 0.5) is 0 Å². The molecule has 0 unspecified atom stereocenters. The lowest BCUT2D eigenvalue weighted by atomic mass is 10.4. The van der Waals surface area contributed by atoms with Gasteiger partial charge in [0.05, 0.1) is 18.0 Å². The zero-order valence-electron chi connectivity index (χ0n) is 13.7. The van der Waals surface area contributed by atoms with Crippen LogP contribution < -0.4 is 10.6 Å². The van der Waals surface area contributed by atoms with Crippen molar-refractivity contribution < 1.29 is 8.42 Å². The first kappa shape index (κ1) is 18.4. The third-order valence-corrected chi connectivity index (χ3v) is 5.36. The highest BCUT2D eigenvalue weighted by Crippen LogP contribution is 1.99. The van der Waals surface area contributed by atoms with Gasteiger partial charge in [0.25, 0.3) is 0 Å². The van der Waals surface area contributed by atoms with Gasteiger partial charge in [-0.05, 0) is 6.07 Å². The number of rotatable bonds is 8. The summed E-state index contributed by atoms with van der Waals surface area (Å²) in [5, 5.41) is 10.2. The quantitative estimate of drug-likeness (QED) is 0.507. The van der Waals surface area contributed by atoms with Gasteiger partial charge in [-0.2, -0.15) is 5.10 Å². The topological polar surface area (TPSA) is 91.6 Å². The number of nitrogens with zero attached hydrogens (tertiary/aromatic N) is 4. The Morgan fingerprint density at radius 3 is 2.55 bits per heavy atom. The monoisotopic (exact) mass is 330 g/mol. The molecular formula is C13H26N6O2S. The maximum absolute atomic E-state index is 12.1. The van der Waals surface area contributed by atoms with Gasteiger partial charge in [-0.1, -0.05) is 13.8 Å². The molecule has 0 spiro atoms. The van der Waals surface area contributed by atoms with Crippen molar-refractivity contribution in [2.45, 2.75) is 20.4 Å². The summed E-state index contributed by atoms with van der Waals surface area (Å²) in [6.45, 7) is 5.53. The Bertz CT molecular complexity index is 577. The van der Waals surface area contributed by atoms with E-state index >= 15 is 0 Å². The lowest BCUT2D eigenvalue weighted by Gasteiger charge is -2.19. The predicted octanol–water partition coefficient (Wildman–Crippen LogP) is -0.243. The normalized spacial score (nSPS) is 12.7. The van der Waals surface area contributed by atoms with Crippen molar-refractivity contribution in [3.8, 4) is 0 Å². The van der Waals surface area contributed by atoms with Crippen molar-refractivity contribution in [1.29, 1.82) is 0 Å². The third-order valence-electron chi connectivity index (χ3n) is 3.33. The fourth-order valence-corrected chi connectivity index (χ4v) is 3.42. The fourth-order valence-electron chi connectivity index (χ4n) is 2.01. The van der Waals surface area contributed by atoms with Crippen LogP contribution in [0.25, 0.3) is 0 Å². The predicted molar refractivity (Wildman–Crippen MR) is 88.1 cm³/mol. The Labute approximate surface area is 132 Å². The Morgan fingerprint density at radius 1 is 1.36 bits per heavy atom. The molecular weight excluding hydrogens is 304 g/mol. The van der Waals surface area contributed by atoms with E-state index in [1.165, 1.54) is 4.31 Å². The standard InChI is InChI=1S/C13H26N6O2S/c1-5-19(6-2)22(20,21)10-9-15-13(14-3)16-11-12-7-8-17-18(12)4/h7-8H,5-6,9-11H2,1-4H3,(H2,14,15,16). The lowest BCUT2D eigenvalue weighted by Crippen LogP contribution is -2.42. The van der Waals surface area contributed by atoms with Crippen LogP contribution in [0.15, 0.2) is 17.3 Å². The summed E-state index contributed by atoms with van der Waals surface area (Å²) in [7, 11) is 0.298. The highest BCUT2D eigenvalue weighted by molar-refractivity contribution is 7.89. The van der Waals surface area contributed by atoms with Gasteiger partial charge in [-0.25, -0.2) is 12.7 Å². The Hall–Kier alpha value is -1.61. The fraction of sp³-hybridized carbons (Fsp3) is 0.692. The SMILES string of the molecule is CCN(CC)S(=O)(=O)CCNC(=NC)NCc1ccnn1C. The molecule has 0 aliphatic heterocycles. The number of aryl methyl sites for hydroxylation is 1. The number of hydrogen-bond donors (Lipinski definition) is 2. The molecule has 0 bridgehead atoms. The summed E-state index contributed by atoms with van der Waals surface area (Å²) in [5.41, 5.74) is 1.01. The van der Waals surface area contributed by atoms with Crippen molar-refractivity contribution in [3.63, 3.8) is 0 Å². The summed E-state index contributed by atoms with van der Waals surface area (Å²) in [4.78, 5) is 4.08. The summed E-state index contributed by atoms with van der Waals surface area (Å²) in [6.07, 6.45) is 1.73. The largest absolute Gasteiger partial charge is 0.355 e. The molecule has 126 valence electrons. The van der Waals surface area contributed by atoms with E-state index in [1.54, 1.807) is 17.9 Å². The van der Waals surface area contributed by atoms with Gasteiger partial charge in [-0.3, -0.25) is 9.67 Å². The van der Waals surface area contributed by atoms with Crippen molar-refractivity contribution in [2.24, 2.45) is 12.0 Å². The van der Waals surface area contributed by atoms with Gasteiger partial charge in [-0.15, -0.1) is 0 Å². The van der Waals surface area contributed by atoms with Gasteiger partial charge >= 0.3 is 0 Å². The Morgan fingerprint density at radius 2 is 2.05 bits per heavy atom. The van der Waals surface area contributed by atoms with E-state index in [9.17, 15) is 8.42 Å². The molecule has 0 fully saturated rings. The minimum atomic E-state index is -3.22. The van der Waals surface area contributed by atoms with E-state index in [0.717, 1.165) is 5.69 Å². The minimum Gasteiger partial charge on any atom is -0.355 e. The van der Waals surface area contributed by atoms with E-state index in [0.29, 0.717) is 32.1 Å². The number of guanidine groups is 1. The molecule has 1 aromatic heterocycles. The second kappa shape index (κ2) is 8.74. The maximum Gasteiger partial charge on any atom is 0.215 e. The van der Waals surface area contributed by atoms with Crippen molar-refractivity contribution in [3.05, 3.63) is 18.0 Å². The summed E-state index contributed by atoms with van der Waals surface area (Å²) >= 11 is 0. The number of aromatic nitrogens is 2. The van der Waals surface area contributed by atoms with Crippen LogP contribution in [-0.2, 0) is 23.6 Å².